The van der Waals surface area contributed by atoms with Crippen molar-refractivity contribution in [2.45, 2.75) is 32.1 Å². The first-order chi connectivity index (χ1) is 6.81. The maximum absolute atomic E-state index is 11.0. The van der Waals surface area contributed by atoms with Gasteiger partial charge in [0.1, 0.15) is 0 Å². The summed E-state index contributed by atoms with van der Waals surface area (Å²) in [6.07, 6.45) is 4.29. The van der Waals surface area contributed by atoms with E-state index in [2.05, 4.69) is 12.6 Å². The quantitative estimate of drug-likeness (QED) is 0.367. The van der Waals surface area contributed by atoms with Crippen molar-refractivity contribution in [3.05, 3.63) is 0 Å². The van der Waals surface area contributed by atoms with E-state index in [0.29, 0.717) is 13.0 Å². The van der Waals surface area contributed by atoms with Gasteiger partial charge >= 0.3 is 5.97 Å². The van der Waals surface area contributed by atoms with E-state index in [1.54, 1.807) is 7.11 Å². The molecule has 0 unspecified atom stereocenters. The fraction of sp³-hybridized carbons (Fsp3) is 0.900. The Hall–Kier alpha value is -0.220. The highest BCUT2D eigenvalue weighted by Crippen LogP contribution is 1.99. The minimum absolute atomic E-state index is 0.106. The number of methoxy groups -OCH3 is 1. The first-order valence-corrected chi connectivity index (χ1v) is 5.70. The lowest BCUT2D eigenvalue weighted by molar-refractivity contribution is -0.143. The smallest absolute Gasteiger partial charge is 0.305 e. The molecule has 4 heteroatoms. The Morgan fingerprint density at radius 1 is 1.14 bits per heavy atom. The second-order valence-electron chi connectivity index (χ2n) is 3.10. The zero-order valence-corrected chi connectivity index (χ0v) is 9.72. The van der Waals surface area contributed by atoms with Crippen LogP contribution < -0.4 is 0 Å². The van der Waals surface area contributed by atoms with Crippen LogP contribution in [-0.2, 0) is 14.3 Å². The van der Waals surface area contributed by atoms with Gasteiger partial charge in [0.05, 0.1) is 6.61 Å². The van der Waals surface area contributed by atoms with Crippen molar-refractivity contribution < 1.29 is 14.3 Å². The van der Waals surface area contributed by atoms with Gasteiger partial charge in [-0.05, 0) is 31.4 Å². The number of carbonyl (C=O) groups is 1. The normalized spacial score (nSPS) is 10.1. The molecule has 0 amide bonds. The summed E-state index contributed by atoms with van der Waals surface area (Å²) in [5, 5.41) is 0. The van der Waals surface area contributed by atoms with Gasteiger partial charge in [-0.2, -0.15) is 12.6 Å². The first kappa shape index (κ1) is 13.8. The lowest BCUT2D eigenvalue weighted by Gasteiger charge is -2.03. The number of carbonyl (C=O) groups excluding carboxylic acids is 1. The molecule has 0 N–H and O–H groups in total. The van der Waals surface area contributed by atoms with Crippen LogP contribution in [-0.4, -0.2) is 32.0 Å². The fourth-order valence-corrected chi connectivity index (χ4v) is 1.16. The molecule has 0 heterocycles. The van der Waals surface area contributed by atoms with Crippen LogP contribution in [0.3, 0.4) is 0 Å². The molecular weight excluding hydrogens is 200 g/mol. The van der Waals surface area contributed by atoms with Gasteiger partial charge in [0, 0.05) is 20.1 Å². The van der Waals surface area contributed by atoms with E-state index in [1.165, 1.54) is 0 Å². The standard InChI is InChI=1S/C10H20O3S/c1-12-7-3-2-4-8-13-10(11)6-5-9-14/h14H,2-9H2,1H3. The molecule has 0 spiro atoms. The Morgan fingerprint density at radius 3 is 2.50 bits per heavy atom. The van der Waals surface area contributed by atoms with Gasteiger partial charge in [-0.3, -0.25) is 4.79 Å². The second-order valence-corrected chi connectivity index (χ2v) is 3.55. The average Bonchev–Trinajstić information content (AvgIpc) is 2.20. The first-order valence-electron chi connectivity index (χ1n) is 5.06. The Bertz CT molecular complexity index is 139. The lowest BCUT2D eigenvalue weighted by atomic mass is 10.2. The predicted octanol–water partition coefficient (Wildman–Crippen LogP) is 2.06. The Labute approximate surface area is 91.6 Å². The van der Waals surface area contributed by atoms with E-state index in [0.717, 1.165) is 38.0 Å². The number of hydrogen-bond acceptors (Lipinski definition) is 4. The lowest BCUT2D eigenvalue weighted by Crippen LogP contribution is -2.06. The summed E-state index contributed by atoms with van der Waals surface area (Å²) < 4.78 is 9.92. The number of rotatable bonds is 9. The SMILES string of the molecule is COCCCCCOC(=O)CCCS. The molecular formula is C10H20O3S. The summed E-state index contributed by atoms with van der Waals surface area (Å²) in [6, 6.07) is 0. The van der Waals surface area contributed by atoms with Crippen molar-refractivity contribution in [3.63, 3.8) is 0 Å². The molecule has 0 aliphatic rings. The summed E-state index contributed by atoms with van der Waals surface area (Å²) in [6.45, 7) is 1.32. The predicted molar refractivity (Wildman–Crippen MR) is 59.8 cm³/mol. The van der Waals surface area contributed by atoms with Gasteiger partial charge in [-0.25, -0.2) is 0 Å². The largest absolute Gasteiger partial charge is 0.466 e. The molecule has 3 nitrogen and oxygen atoms in total. The van der Waals surface area contributed by atoms with Crippen molar-refractivity contribution in [1.29, 1.82) is 0 Å². The molecule has 0 saturated carbocycles. The van der Waals surface area contributed by atoms with E-state index in [1.807, 2.05) is 0 Å². The van der Waals surface area contributed by atoms with Crippen molar-refractivity contribution in [2.75, 3.05) is 26.1 Å². The van der Waals surface area contributed by atoms with E-state index in [-0.39, 0.29) is 5.97 Å². The number of hydrogen-bond donors (Lipinski definition) is 1. The number of thiol groups is 1. The average molecular weight is 220 g/mol. The van der Waals surface area contributed by atoms with Crippen LogP contribution in [0.15, 0.2) is 0 Å². The molecule has 0 fully saturated rings. The van der Waals surface area contributed by atoms with E-state index >= 15 is 0 Å². The molecule has 0 rings (SSSR count). The molecule has 0 aromatic carbocycles. The van der Waals surface area contributed by atoms with Crippen LogP contribution in [0.25, 0.3) is 0 Å². The topological polar surface area (TPSA) is 35.5 Å². The third kappa shape index (κ3) is 9.86. The van der Waals surface area contributed by atoms with Crippen molar-refractivity contribution in [2.24, 2.45) is 0 Å². The molecule has 14 heavy (non-hydrogen) atoms. The van der Waals surface area contributed by atoms with Crippen LogP contribution >= 0.6 is 12.6 Å². The van der Waals surface area contributed by atoms with Gasteiger partial charge < -0.3 is 9.47 Å². The van der Waals surface area contributed by atoms with Crippen molar-refractivity contribution in [3.8, 4) is 0 Å². The Morgan fingerprint density at radius 2 is 1.86 bits per heavy atom. The third-order valence-corrected chi connectivity index (χ3v) is 2.11. The Kier molecular flexibility index (Phi) is 10.7. The third-order valence-electron chi connectivity index (χ3n) is 1.79. The van der Waals surface area contributed by atoms with E-state index < -0.39 is 0 Å². The maximum atomic E-state index is 11.0. The molecule has 0 aliphatic heterocycles. The zero-order valence-electron chi connectivity index (χ0n) is 8.83. The van der Waals surface area contributed by atoms with Gasteiger partial charge in [0.15, 0.2) is 0 Å². The van der Waals surface area contributed by atoms with E-state index in [9.17, 15) is 4.79 Å². The maximum Gasteiger partial charge on any atom is 0.305 e. The molecule has 0 atom stereocenters. The number of ether oxygens (including phenoxy) is 2. The van der Waals surface area contributed by atoms with Gasteiger partial charge in [0.25, 0.3) is 0 Å². The summed E-state index contributed by atoms with van der Waals surface area (Å²) in [5.74, 6) is 0.633. The molecule has 0 bridgehead atoms. The summed E-state index contributed by atoms with van der Waals surface area (Å²) in [7, 11) is 1.69. The van der Waals surface area contributed by atoms with Crippen molar-refractivity contribution >= 4 is 18.6 Å². The van der Waals surface area contributed by atoms with Crippen LogP contribution in [0.2, 0.25) is 0 Å². The summed E-state index contributed by atoms with van der Waals surface area (Å²) in [5.41, 5.74) is 0. The fourth-order valence-electron chi connectivity index (χ4n) is 1.01. The second kappa shape index (κ2) is 10.9. The van der Waals surface area contributed by atoms with Crippen LogP contribution in [0.1, 0.15) is 32.1 Å². The van der Waals surface area contributed by atoms with Crippen molar-refractivity contribution in [1.82, 2.24) is 0 Å². The highest BCUT2D eigenvalue weighted by molar-refractivity contribution is 7.80. The molecule has 84 valence electrons. The number of esters is 1. The molecule has 0 radical (unpaired) electrons. The molecule has 0 aromatic rings. The van der Waals surface area contributed by atoms with Crippen LogP contribution in [0, 0.1) is 0 Å². The molecule has 0 aliphatic carbocycles. The highest BCUT2D eigenvalue weighted by Gasteiger charge is 2.00. The van der Waals surface area contributed by atoms with Crippen LogP contribution in [0.5, 0.6) is 0 Å². The van der Waals surface area contributed by atoms with Gasteiger partial charge in [-0.15, -0.1) is 0 Å². The minimum atomic E-state index is -0.106. The summed E-state index contributed by atoms with van der Waals surface area (Å²) >= 11 is 4.02. The monoisotopic (exact) mass is 220 g/mol. The Balaban J connectivity index is 3.07. The minimum Gasteiger partial charge on any atom is -0.466 e. The molecule has 0 aromatic heterocycles. The molecule has 0 saturated heterocycles. The zero-order chi connectivity index (χ0) is 10.6. The van der Waals surface area contributed by atoms with Crippen LogP contribution in [0.4, 0.5) is 0 Å². The van der Waals surface area contributed by atoms with E-state index in [4.69, 9.17) is 9.47 Å². The highest BCUT2D eigenvalue weighted by atomic mass is 32.1. The van der Waals surface area contributed by atoms with Gasteiger partial charge in [0.2, 0.25) is 0 Å². The summed E-state index contributed by atoms with van der Waals surface area (Å²) in [4.78, 5) is 11.0. The number of unbranched alkanes of at least 4 members (excludes halogenated alkanes) is 2. The van der Waals surface area contributed by atoms with Gasteiger partial charge in [-0.1, -0.05) is 0 Å².